The Kier molecular flexibility index (Phi) is 18.7. The minimum Gasteiger partial charge on any atom is -0.479 e. The molecule has 4 saturated carbocycles. The summed E-state index contributed by atoms with van der Waals surface area (Å²) in [6.45, 7) is 17.1. The van der Waals surface area contributed by atoms with Crippen molar-refractivity contribution < 1.29 is 129 Å². The van der Waals surface area contributed by atoms with Crippen molar-refractivity contribution in [3.8, 4) is 0 Å². The first-order chi connectivity index (χ1) is 39.7. The van der Waals surface area contributed by atoms with Gasteiger partial charge < -0.3 is 124 Å². The summed E-state index contributed by atoms with van der Waals surface area (Å²) < 4.78 is 61.5. The molecule has 5 saturated heterocycles. The summed E-state index contributed by atoms with van der Waals surface area (Å²) in [5, 5.41) is 163. The fraction of sp³-hybridized carbons (Fsp3) is 0.949. The molecule has 10 aliphatic rings. The molecule has 15 N–H and O–H groups in total. The van der Waals surface area contributed by atoms with Gasteiger partial charge in [0.05, 0.1) is 44.2 Å². The standard InChI is InChI=1S/C59H96O26/c1-23-33(63)37(67)42(72)49(77-23)83-45-35(65)27(62)21-76-51(45)81-32-19-54(3,4)18-26-25-10-11-30-56(6)14-13-31(57(7,22-61)29(56)12-15-59(30,9)58(25,8)17-16-55(26,32)5)80-53-47(41(71)40(70)44(82-53)48(74)75)85-52-46(39(69)36(66)28(20-60)79-52)84-50-43(73)38(68)34(64)24(2)78-50/h10,23-24,26-47,49-53,60-73H,11-22H2,1-9H3,(H,74,75)/t23-,24-,26?,27-,28+,29?,30?,31-,32+,33-,34-,35-,36-,37+,38+,39-,40-,41-,42+,43+,44-,45+,46+,47+,49-,50-,51-,52-,53+,55+,56-,57-,58+,59+/m0/s1. The Balaban J connectivity index is 0.898. The molecule has 34 atom stereocenters. The average molecular weight is 1220 g/mol. The van der Waals surface area contributed by atoms with E-state index in [2.05, 4.69) is 47.6 Å². The highest BCUT2D eigenvalue weighted by atomic mass is 16.8. The van der Waals surface area contributed by atoms with E-state index in [4.69, 9.17) is 47.4 Å². The first-order valence-electron chi connectivity index (χ1n) is 30.5. The molecule has 5 heterocycles. The van der Waals surface area contributed by atoms with E-state index >= 15 is 0 Å². The van der Waals surface area contributed by atoms with E-state index in [-0.39, 0.29) is 47.2 Å². The van der Waals surface area contributed by atoms with Gasteiger partial charge >= 0.3 is 5.97 Å². The Morgan fingerprint density at radius 2 is 1.09 bits per heavy atom. The van der Waals surface area contributed by atoms with Crippen molar-refractivity contribution in [2.45, 2.75) is 280 Å². The van der Waals surface area contributed by atoms with Crippen molar-refractivity contribution in [3.05, 3.63) is 11.6 Å². The van der Waals surface area contributed by atoms with Crippen molar-refractivity contribution in [2.24, 2.45) is 50.2 Å². The smallest absolute Gasteiger partial charge is 0.335 e. The van der Waals surface area contributed by atoms with Crippen LogP contribution in [0.3, 0.4) is 0 Å². The lowest BCUT2D eigenvalue weighted by Crippen LogP contribution is -2.68. The van der Waals surface area contributed by atoms with Crippen LogP contribution in [-0.2, 0) is 52.2 Å². The number of fused-ring (bicyclic) bond motifs is 7. The lowest BCUT2D eigenvalue weighted by molar-refractivity contribution is -0.396. The maximum atomic E-state index is 12.6. The molecule has 0 spiro atoms. The molecular formula is C59H96O26. The van der Waals surface area contributed by atoms with Gasteiger partial charge in [-0.2, -0.15) is 0 Å². The van der Waals surface area contributed by atoms with Crippen LogP contribution in [0.1, 0.15) is 120 Å². The Hall–Kier alpha value is -1.75. The number of ether oxygens (including phenoxy) is 10. The molecule has 9 fully saturated rings. The molecular weight excluding hydrogens is 1120 g/mol. The van der Waals surface area contributed by atoms with E-state index in [0.29, 0.717) is 25.7 Å². The third kappa shape index (κ3) is 11.0. The Morgan fingerprint density at radius 1 is 0.541 bits per heavy atom. The summed E-state index contributed by atoms with van der Waals surface area (Å²) in [6.07, 6.45) is -32.2. The number of aliphatic carboxylic acids is 1. The second kappa shape index (κ2) is 24.1. The zero-order chi connectivity index (χ0) is 62.2. The molecule has 488 valence electrons. The van der Waals surface area contributed by atoms with Crippen LogP contribution in [0, 0.1) is 50.2 Å². The highest BCUT2D eigenvalue weighted by Crippen LogP contribution is 2.76. The van der Waals surface area contributed by atoms with Gasteiger partial charge in [0.15, 0.2) is 37.6 Å². The molecule has 0 aromatic carbocycles. The first kappa shape index (κ1) is 66.2. The number of carboxylic acids is 1. The number of allylic oxidation sites excluding steroid dienone is 2. The number of carbonyl (C=O) groups is 1. The largest absolute Gasteiger partial charge is 0.479 e. The minimum absolute atomic E-state index is 0.0466. The number of aliphatic hydroxyl groups is 14. The summed E-state index contributed by atoms with van der Waals surface area (Å²) in [5.74, 6) is -1.68. The average Bonchev–Trinajstić information content (AvgIpc) is 0.702. The highest BCUT2D eigenvalue weighted by molar-refractivity contribution is 5.73. The number of aliphatic hydroxyl groups excluding tert-OH is 14. The quantitative estimate of drug-likeness (QED) is 0.0702. The Bertz CT molecular complexity index is 2390. The van der Waals surface area contributed by atoms with E-state index in [0.717, 1.165) is 32.1 Å². The molecule has 0 radical (unpaired) electrons. The molecule has 26 heteroatoms. The van der Waals surface area contributed by atoms with Gasteiger partial charge in [-0.3, -0.25) is 0 Å². The predicted molar refractivity (Wildman–Crippen MR) is 288 cm³/mol. The molecule has 26 nitrogen and oxygen atoms in total. The third-order valence-electron chi connectivity index (χ3n) is 23.3. The maximum Gasteiger partial charge on any atom is 0.335 e. The number of hydrogen-bond acceptors (Lipinski definition) is 25. The van der Waals surface area contributed by atoms with Crippen molar-refractivity contribution in [1.29, 1.82) is 0 Å². The van der Waals surface area contributed by atoms with Crippen LogP contribution in [0.15, 0.2) is 11.6 Å². The van der Waals surface area contributed by atoms with Gasteiger partial charge in [-0.1, -0.05) is 60.1 Å². The van der Waals surface area contributed by atoms with Gasteiger partial charge in [-0.25, -0.2) is 4.79 Å². The minimum atomic E-state index is -2.12. The van der Waals surface area contributed by atoms with Crippen LogP contribution >= 0.6 is 0 Å². The van der Waals surface area contributed by atoms with Crippen LogP contribution in [0.5, 0.6) is 0 Å². The summed E-state index contributed by atoms with van der Waals surface area (Å²) in [5.41, 5.74) is -1.31. The number of carboxylic acid groups (broad SMARTS) is 1. The molecule has 5 aliphatic heterocycles. The zero-order valence-corrected chi connectivity index (χ0v) is 50.0. The van der Waals surface area contributed by atoms with E-state index in [1.807, 2.05) is 6.92 Å². The summed E-state index contributed by atoms with van der Waals surface area (Å²) in [6, 6.07) is 0. The van der Waals surface area contributed by atoms with Crippen LogP contribution in [0.4, 0.5) is 0 Å². The molecule has 10 rings (SSSR count). The van der Waals surface area contributed by atoms with Crippen LogP contribution in [0.2, 0.25) is 0 Å². The fourth-order valence-corrected chi connectivity index (χ4v) is 17.8. The number of hydrogen-bond donors (Lipinski definition) is 15. The molecule has 0 aromatic rings. The van der Waals surface area contributed by atoms with Gasteiger partial charge in [0, 0.05) is 10.8 Å². The Labute approximate surface area is 494 Å². The molecule has 85 heavy (non-hydrogen) atoms. The second-order valence-corrected chi connectivity index (χ2v) is 28.8. The predicted octanol–water partition coefficient (Wildman–Crippen LogP) is -1.98. The van der Waals surface area contributed by atoms with Crippen molar-refractivity contribution in [1.82, 2.24) is 0 Å². The fourth-order valence-electron chi connectivity index (χ4n) is 17.8. The molecule has 0 bridgehead atoms. The van der Waals surface area contributed by atoms with E-state index < -0.39 is 188 Å². The van der Waals surface area contributed by atoms with Gasteiger partial charge in [-0.15, -0.1) is 0 Å². The summed E-state index contributed by atoms with van der Waals surface area (Å²) in [4.78, 5) is 12.6. The molecule has 0 aromatic heterocycles. The van der Waals surface area contributed by atoms with Gasteiger partial charge in [0.2, 0.25) is 0 Å². The molecule has 5 aliphatic carbocycles. The molecule has 0 amide bonds. The van der Waals surface area contributed by atoms with Crippen LogP contribution < -0.4 is 0 Å². The van der Waals surface area contributed by atoms with E-state index in [1.165, 1.54) is 19.4 Å². The SMILES string of the molecule is C[C@@H]1O[C@@H](O[C@H]2[C@H](O[C@@H]3CC(C)(C)CC4C5=CCC6[C@@]7(C)CC[C@H](O[C@@H]8O[C@H](C(=O)O)[C@@H](O)[C@H](O)[C@H]8O[C@@H]8O[C@H](CO)[C@H](O)[C@H](O)[C@H]8O[C@@H]8O[C@@H](C)[C@H](O)[C@@H](O)[C@H]8O)[C@@](C)(CO)C7CC[C@@]6(C)[C@]5(C)CC[C@]43C)OC[C@H](O)[C@@H]2O)[C@H](O)[C@H](O)[C@H]1O. The Morgan fingerprint density at radius 3 is 1.67 bits per heavy atom. The van der Waals surface area contributed by atoms with Crippen LogP contribution in [0.25, 0.3) is 0 Å². The molecule has 3 unspecified atom stereocenters. The monoisotopic (exact) mass is 1220 g/mol. The lowest BCUT2D eigenvalue weighted by Gasteiger charge is -2.72. The van der Waals surface area contributed by atoms with Crippen LogP contribution in [-0.4, -0.2) is 262 Å². The van der Waals surface area contributed by atoms with Crippen molar-refractivity contribution >= 4 is 5.97 Å². The second-order valence-electron chi connectivity index (χ2n) is 28.8. The number of rotatable bonds is 13. The van der Waals surface area contributed by atoms with E-state index in [1.54, 1.807) is 0 Å². The maximum absolute atomic E-state index is 12.6. The van der Waals surface area contributed by atoms with E-state index in [9.17, 15) is 81.4 Å². The highest BCUT2D eigenvalue weighted by Gasteiger charge is 2.70. The summed E-state index contributed by atoms with van der Waals surface area (Å²) in [7, 11) is 0. The topological polar surface area (TPSA) is 413 Å². The van der Waals surface area contributed by atoms with Crippen molar-refractivity contribution in [2.75, 3.05) is 19.8 Å². The lowest BCUT2D eigenvalue weighted by atomic mass is 9.33. The first-order valence-corrected chi connectivity index (χ1v) is 30.5. The zero-order valence-electron chi connectivity index (χ0n) is 50.0. The summed E-state index contributed by atoms with van der Waals surface area (Å²) >= 11 is 0. The van der Waals surface area contributed by atoms with Gasteiger partial charge in [0.25, 0.3) is 0 Å². The van der Waals surface area contributed by atoms with Crippen molar-refractivity contribution in [3.63, 3.8) is 0 Å². The van der Waals surface area contributed by atoms with Gasteiger partial charge in [-0.05, 0) is 111 Å². The van der Waals surface area contributed by atoms with Gasteiger partial charge in [0.1, 0.15) is 97.7 Å². The normalized spacial score (nSPS) is 56.2. The third-order valence-corrected chi connectivity index (χ3v) is 23.3.